The maximum Gasteiger partial charge on any atom is 0.127 e. The van der Waals surface area contributed by atoms with Crippen LogP contribution in [0, 0.1) is 5.41 Å². The molecule has 0 spiro atoms. The number of hydrogen-bond acceptors (Lipinski definition) is 2. The summed E-state index contributed by atoms with van der Waals surface area (Å²) >= 11 is 0. The topological polar surface area (TPSA) is 21.3 Å². The second-order valence-corrected chi connectivity index (χ2v) is 6.31. The van der Waals surface area contributed by atoms with E-state index in [9.17, 15) is 0 Å². The molecule has 1 unspecified atom stereocenters. The van der Waals surface area contributed by atoms with E-state index in [0.717, 1.165) is 31.7 Å². The largest absolute Gasteiger partial charge is 0.493 e. The molecule has 0 amide bonds. The van der Waals surface area contributed by atoms with Crippen molar-refractivity contribution in [2.45, 2.75) is 46.6 Å². The van der Waals surface area contributed by atoms with Gasteiger partial charge in [-0.15, -0.1) is 0 Å². The highest BCUT2D eigenvalue weighted by Gasteiger charge is 2.25. The van der Waals surface area contributed by atoms with E-state index in [1.165, 1.54) is 11.1 Å². The van der Waals surface area contributed by atoms with E-state index in [4.69, 9.17) is 4.74 Å². The van der Waals surface area contributed by atoms with Crippen molar-refractivity contribution >= 4 is 0 Å². The van der Waals surface area contributed by atoms with Crippen LogP contribution < -0.4 is 10.1 Å². The number of para-hydroxylation sites is 1. The van der Waals surface area contributed by atoms with Crippen molar-refractivity contribution in [3.05, 3.63) is 29.3 Å². The fourth-order valence-electron chi connectivity index (χ4n) is 2.67. The third-order valence-corrected chi connectivity index (χ3v) is 3.39. The van der Waals surface area contributed by atoms with Crippen molar-refractivity contribution < 1.29 is 4.74 Å². The average Bonchev–Trinajstić information content (AvgIpc) is 2.74. The molecular formula is C16H25NO. The summed E-state index contributed by atoms with van der Waals surface area (Å²) in [4.78, 5) is 0. The molecule has 2 nitrogen and oxygen atoms in total. The quantitative estimate of drug-likeness (QED) is 0.875. The lowest BCUT2D eigenvalue weighted by Gasteiger charge is -2.28. The van der Waals surface area contributed by atoms with Crippen LogP contribution in [0.1, 0.15) is 51.3 Å². The Hall–Kier alpha value is -1.02. The highest BCUT2D eigenvalue weighted by molar-refractivity contribution is 5.45. The Bertz CT molecular complexity index is 406. The summed E-state index contributed by atoms with van der Waals surface area (Å²) in [6, 6.07) is 6.95. The van der Waals surface area contributed by atoms with E-state index in [1.807, 2.05) is 0 Å². The van der Waals surface area contributed by atoms with Crippen molar-refractivity contribution in [1.29, 1.82) is 0 Å². The molecule has 0 saturated carbocycles. The van der Waals surface area contributed by atoms with Crippen molar-refractivity contribution in [3.8, 4) is 5.75 Å². The van der Waals surface area contributed by atoms with E-state index in [-0.39, 0.29) is 0 Å². The van der Waals surface area contributed by atoms with Crippen molar-refractivity contribution in [3.63, 3.8) is 0 Å². The zero-order chi connectivity index (χ0) is 13.2. The van der Waals surface area contributed by atoms with Crippen LogP contribution in [0.2, 0.25) is 0 Å². The third-order valence-electron chi connectivity index (χ3n) is 3.39. The normalized spacial score (nSPS) is 16.2. The highest BCUT2D eigenvalue weighted by Crippen LogP contribution is 2.38. The van der Waals surface area contributed by atoms with Gasteiger partial charge in [0.15, 0.2) is 0 Å². The second-order valence-electron chi connectivity index (χ2n) is 6.31. The van der Waals surface area contributed by atoms with Gasteiger partial charge in [-0.25, -0.2) is 0 Å². The van der Waals surface area contributed by atoms with Gasteiger partial charge in [0.1, 0.15) is 5.75 Å². The molecule has 0 aliphatic carbocycles. The average molecular weight is 247 g/mol. The van der Waals surface area contributed by atoms with E-state index < -0.39 is 0 Å². The lowest BCUT2D eigenvalue weighted by atomic mass is 9.84. The molecule has 0 fully saturated rings. The molecule has 1 aliphatic heterocycles. The Morgan fingerprint density at radius 1 is 1.33 bits per heavy atom. The Kier molecular flexibility index (Phi) is 3.96. The summed E-state index contributed by atoms with van der Waals surface area (Å²) in [6.45, 7) is 10.9. The first-order valence-corrected chi connectivity index (χ1v) is 6.99. The molecule has 1 aromatic carbocycles. The number of benzene rings is 1. The molecule has 0 saturated heterocycles. The summed E-state index contributed by atoms with van der Waals surface area (Å²) in [5, 5.41) is 3.61. The van der Waals surface area contributed by atoms with Crippen LogP contribution in [-0.2, 0) is 6.42 Å². The smallest absolute Gasteiger partial charge is 0.127 e. The molecule has 1 aromatic rings. The minimum absolute atomic E-state index is 0.314. The van der Waals surface area contributed by atoms with Crippen LogP contribution in [0.4, 0.5) is 0 Å². The molecule has 1 aliphatic rings. The van der Waals surface area contributed by atoms with Gasteiger partial charge in [0.05, 0.1) is 6.61 Å². The van der Waals surface area contributed by atoms with Crippen LogP contribution in [0.15, 0.2) is 18.2 Å². The zero-order valence-electron chi connectivity index (χ0n) is 12.0. The predicted molar refractivity (Wildman–Crippen MR) is 76.1 cm³/mol. The SMILES string of the molecule is CCNC(CC(C)(C)C)c1cccc2c1OCC2. The molecule has 1 N–H and O–H groups in total. The third kappa shape index (κ3) is 3.05. The molecule has 1 heterocycles. The van der Waals surface area contributed by atoms with Crippen LogP contribution in [0.25, 0.3) is 0 Å². The van der Waals surface area contributed by atoms with Crippen molar-refractivity contribution in [1.82, 2.24) is 5.32 Å². The summed E-state index contributed by atoms with van der Waals surface area (Å²) < 4.78 is 5.83. The molecular weight excluding hydrogens is 222 g/mol. The van der Waals surface area contributed by atoms with Crippen LogP contribution in [0.3, 0.4) is 0 Å². The number of rotatable bonds is 4. The summed E-state index contributed by atoms with van der Waals surface area (Å²) in [5.41, 5.74) is 3.01. The molecule has 2 heteroatoms. The Labute approximate surface area is 111 Å². The van der Waals surface area contributed by atoms with Crippen molar-refractivity contribution in [2.75, 3.05) is 13.2 Å². The molecule has 0 bridgehead atoms. The van der Waals surface area contributed by atoms with Gasteiger partial charge in [-0.3, -0.25) is 0 Å². The number of nitrogens with one attached hydrogen (secondary N) is 1. The lowest BCUT2D eigenvalue weighted by molar-refractivity contribution is 0.302. The van der Waals surface area contributed by atoms with Gasteiger partial charge in [0.25, 0.3) is 0 Å². The maximum atomic E-state index is 5.83. The molecule has 0 radical (unpaired) electrons. The number of ether oxygens (including phenoxy) is 1. The van der Waals surface area contributed by atoms with Gasteiger partial charge in [-0.2, -0.15) is 0 Å². The molecule has 0 aromatic heterocycles. The monoisotopic (exact) mass is 247 g/mol. The summed E-state index contributed by atoms with van der Waals surface area (Å²) in [7, 11) is 0. The Morgan fingerprint density at radius 2 is 2.11 bits per heavy atom. The lowest BCUT2D eigenvalue weighted by Crippen LogP contribution is -2.26. The Morgan fingerprint density at radius 3 is 2.78 bits per heavy atom. The van der Waals surface area contributed by atoms with Gasteiger partial charge in [0.2, 0.25) is 0 Å². The minimum Gasteiger partial charge on any atom is -0.493 e. The van der Waals surface area contributed by atoms with Gasteiger partial charge in [-0.05, 0) is 23.9 Å². The minimum atomic E-state index is 0.314. The fourth-order valence-corrected chi connectivity index (χ4v) is 2.67. The predicted octanol–water partition coefficient (Wildman–Crippen LogP) is 3.71. The molecule has 18 heavy (non-hydrogen) atoms. The van der Waals surface area contributed by atoms with E-state index in [0.29, 0.717) is 11.5 Å². The standard InChI is InChI=1S/C16H25NO/c1-5-17-14(11-16(2,3)4)13-8-6-7-12-9-10-18-15(12)13/h6-8,14,17H,5,9-11H2,1-4H3. The number of hydrogen-bond donors (Lipinski definition) is 1. The van der Waals surface area contributed by atoms with E-state index >= 15 is 0 Å². The summed E-state index contributed by atoms with van der Waals surface area (Å²) in [6.07, 6.45) is 2.18. The van der Waals surface area contributed by atoms with Gasteiger partial charge >= 0.3 is 0 Å². The van der Waals surface area contributed by atoms with Crippen LogP contribution in [0.5, 0.6) is 5.75 Å². The first-order chi connectivity index (χ1) is 8.51. The van der Waals surface area contributed by atoms with Gasteiger partial charge in [-0.1, -0.05) is 45.9 Å². The molecule has 100 valence electrons. The molecule has 1 atom stereocenters. The zero-order valence-corrected chi connectivity index (χ0v) is 12.0. The second kappa shape index (κ2) is 5.31. The Balaban J connectivity index is 2.28. The van der Waals surface area contributed by atoms with E-state index in [1.54, 1.807) is 0 Å². The fraction of sp³-hybridized carbons (Fsp3) is 0.625. The van der Waals surface area contributed by atoms with Crippen molar-refractivity contribution in [2.24, 2.45) is 5.41 Å². The number of fused-ring (bicyclic) bond motifs is 1. The van der Waals surface area contributed by atoms with Gasteiger partial charge < -0.3 is 10.1 Å². The highest BCUT2D eigenvalue weighted by atomic mass is 16.5. The first kappa shape index (κ1) is 13.4. The van der Waals surface area contributed by atoms with Gasteiger partial charge in [0, 0.05) is 18.0 Å². The van der Waals surface area contributed by atoms with E-state index in [2.05, 4.69) is 51.2 Å². The summed E-state index contributed by atoms with van der Waals surface area (Å²) in [5.74, 6) is 1.13. The maximum absolute atomic E-state index is 5.83. The van der Waals surface area contributed by atoms with Crippen LogP contribution >= 0.6 is 0 Å². The van der Waals surface area contributed by atoms with Crippen LogP contribution in [-0.4, -0.2) is 13.2 Å². The first-order valence-electron chi connectivity index (χ1n) is 6.99. The molecule has 2 rings (SSSR count).